The average Bonchev–Trinajstić information content (AvgIpc) is 2.38. The molecule has 0 aliphatic carbocycles. The van der Waals surface area contributed by atoms with Gasteiger partial charge in [-0.3, -0.25) is 4.67 Å². The minimum absolute atomic E-state index is 0.485. The number of rotatable bonds is 11. The van der Waals surface area contributed by atoms with E-state index in [9.17, 15) is 0 Å². The first-order valence-corrected chi connectivity index (χ1v) is 9.34. The fourth-order valence-electron chi connectivity index (χ4n) is 2.51. The Bertz CT molecular complexity index is 268. The van der Waals surface area contributed by atoms with E-state index in [1.165, 1.54) is 19.3 Å². The van der Waals surface area contributed by atoms with Crippen LogP contribution in [0, 0.1) is 11.3 Å². The summed E-state index contributed by atoms with van der Waals surface area (Å²) in [6.45, 7) is 14.1. The van der Waals surface area contributed by atoms with Gasteiger partial charge in [0.1, 0.15) is 8.30 Å². The number of unbranched alkanes of at least 4 members (excludes halogenated alkanes) is 1. The molecule has 0 spiro atoms. The van der Waals surface area contributed by atoms with Crippen LogP contribution in [0.3, 0.4) is 0 Å². The van der Waals surface area contributed by atoms with Crippen molar-refractivity contribution in [2.75, 3.05) is 6.61 Å². The molecule has 0 N–H and O–H groups in total. The Labute approximate surface area is 127 Å². The summed E-state index contributed by atoms with van der Waals surface area (Å²) in [6, 6.07) is 3.16. The van der Waals surface area contributed by atoms with Crippen LogP contribution in [0.15, 0.2) is 0 Å². The van der Waals surface area contributed by atoms with Gasteiger partial charge in [-0.1, -0.05) is 26.7 Å². The molecule has 0 amide bonds. The van der Waals surface area contributed by atoms with E-state index < -0.39 is 8.30 Å². The normalized spacial score (nSPS) is 14.8. The predicted octanol–water partition coefficient (Wildman–Crippen LogP) is 5.32. The Balaban J connectivity index is 4.95. The number of hydrogen-bond donors (Lipinski definition) is 0. The van der Waals surface area contributed by atoms with E-state index in [4.69, 9.17) is 9.79 Å². The van der Waals surface area contributed by atoms with Crippen LogP contribution in [0.2, 0.25) is 0 Å². The molecule has 0 aromatic heterocycles. The maximum absolute atomic E-state index is 8.74. The molecule has 0 saturated carbocycles. The van der Waals surface area contributed by atoms with Gasteiger partial charge in [0.15, 0.2) is 0 Å². The molecular weight excluding hydrogens is 267 g/mol. The molecule has 0 aliphatic rings. The Morgan fingerprint density at radius 2 is 1.75 bits per heavy atom. The molecule has 0 heterocycles. The number of nitriles is 1. The van der Waals surface area contributed by atoms with Crippen molar-refractivity contribution in [2.45, 2.75) is 91.4 Å². The minimum atomic E-state index is -0.608. The Morgan fingerprint density at radius 1 is 1.15 bits per heavy atom. The van der Waals surface area contributed by atoms with Gasteiger partial charge in [0.25, 0.3) is 0 Å². The molecule has 2 atom stereocenters. The van der Waals surface area contributed by atoms with Crippen molar-refractivity contribution in [1.82, 2.24) is 4.67 Å². The van der Waals surface area contributed by atoms with E-state index in [2.05, 4.69) is 52.3 Å². The third-order valence-electron chi connectivity index (χ3n) is 3.40. The second-order valence-electron chi connectivity index (χ2n) is 5.82. The van der Waals surface area contributed by atoms with Crippen molar-refractivity contribution < 1.29 is 4.52 Å². The average molecular weight is 300 g/mol. The van der Waals surface area contributed by atoms with Gasteiger partial charge in [-0.15, -0.1) is 0 Å². The Morgan fingerprint density at radius 3 is 2.15 bits per heavy atom. The van der Waals surface area contributed by atoms with E-state index in [-0.39, 0.29) is 0 Å². The SMILES string of the molecule is CCCCC(CC)P(OCCC#N)N(C(C)C)C(C)C. The maximum Gasteiger partial charge on any atom is 0.108 e. The topological polar surface area (TPSA) is 36.3 Å². The van der Waals surface area contributed by atoms with Crippen molar-refractivity contribution >= 4 is 8.30 Å². The van der Waals surface area contributed by atoms with Crippen LogP contribution < -0.4 is 0 Å². The summed E-state index contributed by atoms with van der Waals surface area (Å²) in [5.41, 5.74) is 0.619. The van der Waals surface area contributed by atoms with Crippen molar-refractivity contribution in [1.29, 1.82) is 5.26 Å². The zero-order valence-corrected chi connectivity index (χ0v) is 15.1. The summed E-state index contributed by atoms with van der Waals surface area (Å²) < 4.78 is 8.71. The fourth-order valence-corrected chi connectivity index (χ4v) is 5.13. The minimum Gasteiger partial charge on any atom is -0.342 e. The zero-order chi connectivity index (χ0) is 15.5. The second kappa shape index (κ2) is 11.5. The monoisotopic (exact) mass is 300 g/mol. The largest absolute Gasteiger partial charge is 0.342 e. The summed E-state index contributed by atoms with van der Waals surface area (Å²) in [4.78, 5) is 0. The molecular formula is C16H33N2OP. The van der Waals surface area contributed by atoms with Crippen LogP contribution in [0.4, 0.5) is 0 Å². The lowest BCUT2D eigenvalue weighted by Gasteiger charge is -2.41. The molecule has 118 valence electrons. The molecule has 3 nitrogen and oxygen atoms in total. The van der Waals surface area contributed by atoms with Crippen molar-refractivity contribution in [3.05, 3.63) is 0 Å². The first kappa shape index (κ1) is 19.8. The highest BCUT2D eigenvalue weighted by atomic mass is 31.2. The van der Waals surface area contributed by atoms with Crippen LogP contribution in [0.25, 0.3) is 0 Å². The van der Waals surface area contributed by atoms with Gasteiger partial charge < -0.3 is 4.52 Å². The predicted molar refractivity (Wildman–Crippen MR) is 88.8 cm³/mol. The summed E-state index contributed by atoms with van der Waals surface area (Å²) in [7, 11) is -0.608. The molecule has 0 bridgehead atoms. The van der Waals surface area contributed by atoms with Crippen LogP contribution in [0.5, 0.6) is 0 Å². The lowest BCUT2D eigenvalue weighted by Crippen LogP contribution is -2.36. The standard InChI is InChI=1S/C16H33N2OP/c1-7-9-11-16(8-2)20(19-13-10-12-17)18(14(3)4)15(5)6/h14-16H,7-11,13H2,1-6H3. The van der Waals surface area contributed by atoms with E-state index in [0.717, 1.165) is 6.42 Å². The van der Waals surface area contributed by atoms with E-state index in [0.29, 0.717) is 30.8 Å². The molecule has 0 fully saturated rings. The van der Waals surface area contributed by atoms with Gasteiger partial charge >= 0.3 is 0 Å². The second-order valence-corrected chi connectivity index (χ2v) is 7.87. The highest BCUT2D eigenvalue weighted by Gasteiger charge is 2.31. The number of nitrogens with zero attached hydrogens (tertiary/aromatic N) is 2. The first-order valence-electron chi connectivity index (χ1n) is 8.06. The molecule has 2 unspecified atom stereocenters. The molecule has 4 heteroatoms. The van der Waals surface area contributed by atoms with Crippen molar-refractivity contribution in [3.8, 4) is 6.07 Å². The smallest absolute Gasteiger partial charge is 0.108 e. The lowest BCUT2D eigenvalue weighted by atomic mass is 10.2. The van der Waals surface area contributed by atoms with E-state index in [1.807, 2.05) is 0 Å². The van der Waals surface area contributed by atoms with E-state index in [1.54, 1.807) is 0 Å². The van der Waals surface area contributed by atoms with Gasteiger partial charge in [-0.05, 0) is 40.5 Å². The zero-order valence-electron chi connectivity index (χ0n) is 14.2. The summed E-state index contributed by atoms with van der Waals surface area (Å²) in [6.07, 6.45) is 5.40. The maximum atomic E-state index is 8.74. The van der Waals surface area contributed by atoms with Gasteiger partial charge in [0, 0.05) is 17.7 Å². The Kier molecular flexibility index (Phi) is 11.4. The molecule has 0 aromatic rings. The van der Waals surface area contributed by atoms with Crippen molar-refractivity contribution in [2.24, 2.45) is 0 Å². The van der Waals surface area contributed by atoms with Gasteiger partial charge in [0.05, 0.1) is 19.1 Å². The van der Waals surface area contributed by atoms with Crippen molar-refractivity contribution in [3.63, 3.8) is 0 Å². The molecule has 0 aliphatic heterocycles. The molecule has 0 aromatic carbocycles. The Hall–Kier alpha value is -0.160. The third kappa shape index (κ3) is 7.02. The van der Waals surface area contributed by atoms with Gasteiger partial charge in [0.2, 0.25) is 0 Å². The first-order chi connectivity index (χ1) is 9.49. The molecule has 0 rings (SSSR count). The van der Waals surface area contributed by atoms with Gasteiger partial charge in [-0.2, -0.15) is 5.26 Å². The van der Waals surface area contributed by atoms with Crippen LogP contribution in [0.1, 0.15) is 73.6 Å². The van der Waals surface area contributed by atoms with E-state index >= 15 is 0 Å². The van der Waals surface area contributed by atoms with Crippen LogP contribution in [-0.2, 0) is 4.52 Å². The molecule has 0 saturated heterocycles. The molecule has 20 heavy (non-hydrogen) atoms. The quantitative estimate of drug-likeness (QED) is 0.383. The van der Waals surface area contributed by atoms with Crippen LogP contribution >= 0.6 is 8.30 Å². The summed E-state index contributed by atoms with van der Waals surface area (Å²) in [5.74, 6) is 0. The van der Waals surface area contributed by atoms with Crippen LogP contribution in [-0.4, -0.2) is 29.0 Å². The highest BCUT2D eigenvalue weighted by molar-refractivity contribution is 7.50. The summed E-state index contributed by atoms with van der Waals surface area (Å²) in [5, 5.41) is 8.74. The van der Waals surface area contributed by atoms with Gasteiger partial charge in [-0.25, -0.2) is 0 Å². The highest BCUT2D eigenvalue weighted by Crippen LogP contribution is 2.52. The lowest BCUT2D eigenvalue weighted by molar-refractivity contribution is 0.249. The number of hydrogen-bond acceptors (Lipinski definition) is 3. The third-order valence-corrected chi connectivity index (χ3v) is 6.47. The summed E-state index contributed by atoms with van der Waals surface area (Å²) >= 11 is 0. The molecule has 0 radical (unpaired) electrons. The fraction of sp³-hybridized carbons (Fsp3) is 0.938.